The van der Waals surface area contributed by atoms with E-state index >= 15 is 0 Å². The monoisotopic (exact) mass is 543 g/mol. The molecule has 0 bridgehead atoms. The lowest BCUT2D eigenvalue weighted by atomic mass is 10.3. The van der Waals surface area contributed by atoms with Crippen molar-refractivity contribution in [3.05, 3.63) is 22.4 Å². The summed E-state index contributed by atoms with van der Waals surface area (Å²) >= 11 is 1.80. The van der Waals surface area contributed by atoms with Crippen LogP contribution in [0.5, 0.6) is 0 Å². The first-order valence-corrected chi connectivity index (χ1v) is 12.2. The van der Waals surface area contributed by atoms with E-state index in [1.54, 1.807) is 11.3 Å². The van der Waals surface area contributed by atoms with Gasteiger partial charge < -0.3 is 10.2 Å². The Hall–Kier alpha value is -0.430. The number of halogens is 1. The highest BCUT2D eigenvalue weighted by molar-refractivity contribution is 14.0. The SMILES string of the molecule is CCNC(=NCCS(=O)(=O)N(CC)CC)N1CCN(Cc2cccs2)CC1.I. The minimum absolute atomic E-state index is 0. The summed E-state index contributed by atoms with van der Waals surface area (Å²) in [5.74, 6) is 0.880. The molecule has 0 radical (unpaired) electrons. The average molecular weight is 544 g/mol. The van der Waals surface area contributed by atoms with E-state index < -0.39 is 10.0 Å². The lowest BCUT2D eigenvalue weighted by molar-refractivity contribution is 0.174. The molecule has 0 aromatic carbocycles. The van der Waals surface area contributed by atoms with Gasteiger partial charge in [0.2, 0.25) is 10.0 Å². The Morgan fingerprint density at radius 2 is 1.89 bits per heavy atom. The topological polar surface area (TPSA) is 68.2 Å². The van der Waals surface area contributed by atoms with Crippen molar-refractivity contribution in [3.8, 4) is 0 Å². The molecule has 0 aliphatic carbocycles. The molecule has 0 saturated carbocycles. The summed E-state index contributed by atoms with van der Waals surface area (Å²) in [7, 11) is -3.23. The van der Waals surface area contributed by atoms with E-state index in [2.05, 4.69) is 37.6 Å². The van der Waals surface area contributed by atoms with Gasteiger partial charge in [0.1, 0.15) is 0 Å². The first-order valence-electron chi connectivity index (χ1n) is 9.76. The number of hydrogen-bond donors (Lipinski definition) is 1. The van der Waals surface area contributed by atoms with Crippen molar-refractivity contribution in [1.82, 2.24) is 19.4 Å². The molecular weight excluding hydrogens is 509 g/mol. The van der Waals surface area contributed by atoms with Crippen molar-refractivity contribution in [2.24, 2.45) is 4.99 Å². The van der Waals surface area contributed by atoms with E-state index in [9.17, 15) is 8.42 Å². The summed E-state index contributed by atoms with van der Waals surface area (Å²) in [4.78, 5) is 10.7. The summed E-state index contributed by atoms with van der Waals surface area (Å²) in [6, 6.07) is 4.28. The molecular formula is C18H34IN5O2S2. The normalized spacial score (nSPS) is 16.3. The van der Waals surface area contributed by atoms with E-state index in [1.165, 1.54) is 9.18 Å². The number of nitrogens with zero attached hydrogens (tertiary/aromatic N) is 4. The van der Waals surface area contributed by atoms with Crippen LogP contribution < -0.4 is 5.32 Å². The summed E-state index contributed by atoms with van der Waals surface area (Å²) in [6.07, 6.45) is 0. The number of nitrogens with one attached hydrogen (secondary N) is 1. The highest BCUT2D eigenvalue weighted by atomic mass is 127. The van der Waals surface area contributed by atoms with Gasteiger partial charge in [-0.1, -0.05) is 19.9 Å². The Labute approximate surface area is 191 Å². The highest BCUT2D eigenvalue weighted by Crippen LogP contribution is 2.13. The summed E-state index contributed by atoms with van der Waals surface area (Å²) in [5.41, 5.74) is 0. The van der Waals surface area contributed by atoms with Gasteiger partial charge in [-0.25, -0.2) is 12.7 Å². The predicted molar refractivity (Wildman–Crippen MR) is 129 cm³/mol. The van der Waals surface area contributed by atoms with Crippen molar-refractivity contribution < 1.29 is 8.42 Å². The first kappa shape index (κ1) is 25.6. The van der Waals surface area contributed by atoms with Gasteiger partial charge in [-0.3, -0.25) is 9.89 Å². The molecule has 1 aromatic rings. The first-order chi connectivity index (χ1) is 13.0. The number of guanidine groups is 1. The van der Waals surface area contributed by atoms with Crippen LogP contribution in [0, 0.1) is 0 Å². The van der Waals surface area contributed by atoms with Crippen LogP contribution in [0.3, 0.4) is 0 Å². The minimum atomic E-state index is -3.23. The van der Waals surface area contributed by atoms with Crippen LogP contribution in [0.15, 0.2) is 22.5 Å². The van der Waals surface area contributed by atoms with Crippen LogP contribution in [-0.2, 0) is 16.6 Å². The standard InChI is InChI=1S/C18H33N5O2S2.HI/c1-4-19-18(20-9-15-27(24,25)23(5-2)6-3)22-12-10-21(11-13-22)16-17-8-7-14-26-17;/h7-8,14H,4-6,9-13,15-16H2,1-3H3,(H,19,20);1H. The van der Waals surface area contributed by atoms with Crippen LogP contribution in [-0.4, -0.2) is 86.6 Å². The summed E-state index contributed by atoms with van der Waals surface area (Å²) in [6.45, 7) is 12.6. The molecule has 7 nitrogen and oxygen atoms in total. The fraction of sp³-hybridized carbons (Fsp3) is 0.722. The largest absolute Gasteiger partial charge is 0.357 e. The van der Waals surface area contributed by atoms with Gasteiger partial charge in [0, 0.05) is 57.2 Å². The van der Waals surface area contributed by atoms with Crippen LogP contribution in [0.25, 0.3) is 0 Å². The Morgan fingerprint density at radius 1 is 1.21 bits per heavy atom. The fourth-order valence-electron chi connectivity index (χ4n) is 3.18. The Bertz CT molecular complexity index is 670. The quantitative estimate of drug-likeness (QED) is 0.294. The van der Waals surface area contributed by atoms with Crippen molar-refractivity contribution >= 4 is 51.3 Å². The molecule has 162 valence electrons. The molecule has 1 aromatic heterocycles. The molecule has 1 N–H and O–H groups in total. The van der Waals surface area contributed by atoms with Gasteiger partial charge in [0.15, 0.2) is 5.96 Å². The molecule has 10 heteroatoms. The summed E-state index contributed by atoms with van der Waals surface area (Å²) in [5, 5.41) is 5.43. The lowest BCUT2D eigenvalue weighted by Gasteiger charge is -2.36. The van der Waals surface area contributed by atoms with Gasteiger partial charge >= 0.3 is 0 Å². The molecule has 0 atom stereocenters. The highest BCUT2D eigenvalue weighted by Gasteiger charge is 2.21. The lowest BCUT2D eigenvalue weighted by Crippen LogP contribution is -2.52. The zero-order valence-corrected chi connectivity index (χ0v) is 21.1. The predicted octanol–water partition coefficient (Wildman–Crippen LogP) is 2.12. The number of piperazine rings is 1. The Balaban J connectivity index is 0.00000392. The van der Waals surface area contributed by atoms with Gasteiger partial charge in [0.05, 0.1) is 12.3 Å². The van der Waals surface area contributed by atoms with Crippen molar-refractivity contribution in [3.63, 3.8) is 0 Å². The van der Waals surface area contributed by atoms with Crippen LogP contribution in [0.2, 0.25) is 0 Å². The number of rotatable bonds is 9. The van der Waals surface area contributed by atoms with Crippen molar-refractivity contribution in [1.29, 1.82) is 0 Å². The second-order valence-corrected chi connectivity index (χ2v) is 9.60. The van der Waals surface area contributed by atoms with E-state index in [-0.39, 0.29) is 36.3 Å². The van der Waals surface area contributed by atoms with Crippen LogP contribution in [0.1, 0.15) is 25.6 Å². The van der Waals surface area contributed by atoms with Gasteiger partial charge in [0.25, 0.3) is 0 Å². The van der Waals surface area contributed by atoms with E-state index in [1.807, 2.05) is 20.8 Å². The number of hydrogen-bond acceptors (Lipinski definition) is 5. The number of aliphatic imine (C=N–C) groups is 1. The molecule has 1 aliphatic rings. The van der Waals surface area contributed by atoms with E-state index in [0.717, 1.165) is 45.2 Å². The molecule has 1 aliphatic heterocycles. The molecule has 2 heterocycles. The molecule has 28 heavy (non-hydrogen) atoms. The van der Waals surface area contributed by atoms with Crippen molar-refractivity contribution in [2.75, 3.05) is 58.1 Å². The van der Waals surface area contributed by atoms with E-state index in [0.29, 0.717) is 13.1 Å². The van der Waals surface area contributed by atoms with Crippen LogP contribution >= 0.6 is 35.3 Å². The van der Waals surface area contributed by atoms with Gasteiger partial charge in [-0.15, -0.1) is 35.3 Å². The second kappa shape index (κ2) is 13.0. The van der Waals surface area contributed by atoms with Gasteiger partial charge in [-0.2, -0.15) is 0 Å². The Morgan fingerprint density at radius 3 is 2.43 bits per heavy atom. The maximum Gasteiger partial charge on any atom is 0.215 e. The zero-order chi connectivity index (χ0) is 19.7. The molecule has 1 fully saturated rings. The Kier molecular flexibility index (Phi) is 11.9. The zero-order valence-electron chi connectivity index (χ0n) is 17.1. The molecule has 1 saturated heterocycles. The second-order valence-electron chi connectivity index (χ2n) is 6.48. The average Bonchev–Trinajstić information content (AvgIpc) is 3.15. The molecule has 0 amide bonds. The minimum Gasteiger partial charge on any atom is -0.357 e. The third-order valence-electron chi connectivity index (χ3n) is 4.68. The smallest absolute Gasteiger partial charge is 0.215 e. The number of thiophene rings is 1. The number of sulfonamides is 1. The maximum absolute atomic E-state index is 12.3. The third kappa shape index (κ3) is 7.77. The third-order valence-corrected chi connectivity index (χ3v) is 7.54. The fourth-order valence-corrected chi connectivity index (χ4v) is 5.29. The molecule has 0 spiro atoms. The van der Waals surface area contributed by atoms with Crippen molar-refractivity contribution in [2.45, 2.75) is 27.3 Å². The van der Waals surface area contributed by atoms with E-state index in [4.69, 9.17) is 0 Å². The molecule has 2 rings (SSSR count). The summed E-state index contributed by atoms with van der Waals surface area (Å²) < 4.78 is 26.1. The maximum atomic E-state index is 12.3. The van der Waals surface area contributed by atoms with Crippen LogP contribution in [0.4, 0.5) is 0 Å². The molecule has 0 unspecified atom stereocenters. The van der Waals surface area contributed by atoms with Gasteiger partial charge in [-0.05, 0) is 18.4 Å².